The zero-order chi connectivity index (χ0) is 11.8. The predicted molar refractivity (Wildman–Crippen MR) is 65.5 cm³/mol. The van der Waals surface area contributed by atoms with E-state index >= 15 is 0 Å². The van der Waals surface area contributed by atoms with Crippen LogP contribution in [0, 0.1) is 0 Å². The van der Waals surface area contributed by atoms with E-state index in [1.54, 1.807) is 6.20 Å². The fourth-order valence-electron chi connectivity index (χ4n) is 1.40. The van der Waals surface area contributed by atoms with Gasteiger partial charge in [0.2, 0.25) is 0 Å². The van der Waals surface area contributed by atoms with E-state index in [4.69, 9.17) is 11.6 Å². The average molecular weight is 236 g/mol. The quantitative estimate of drug-likeness (QED) is 0.759. The zero-order valence-corrected chi connectivity index (χ0v) is 10.4. The van der Waals surface area contributed by atoms with Crippen LogP contribution in [0.2, 0.25) is 5.02 Å². The molecule has 0 fully saturated rings. The smallest absolute Gasteiger partial charge is 0.112 e. The van der Waals surface area contributed by atoms with Gasteiger partial charge in [-0.05, 0) is 39.0 Å². The Kier molecular flexibility index (Phi) is 2.72. The molecule has 0 amide bonds. The summed E-state index contributed by atoms with van der Waals surface area (Å²) in [7, 11) is 0. The van der Waals surface area contributed by atoms with Crippen molar-refractivity contribution in [1.29, 1.82) is 0 Å². The SMILES string of the molecule is CC(C)(C)n1ccc(-c2ncccc2Cl)n1. The van der Waals surface area contributed by atoms with E-state index in [0.29, 0.717) is 5.02 Å². The van der Waals surface area contributed by atoms with Crippen LogP contribution in [-0.4, -0.2) is 14.8 Å². The fourth-order valence-corrected chi connectivity index (χ4v) is 1.62. The first-order valence-electron chi connectivity index (χ1n) is 5.15. The summed E-state index contributed by atoms with van der Waals surface area (Å²) in [5.41, 5.74) is 1.51. The van der Waals surface area contributed by atoms with Gasteiger partial charge in [-0.1, -0.05) is 11.6 Å². The summed E-state index contributed by atoms with van der Waals surface area (Å²) >= 11 is 6.07. The van der Waals surface area contributed by atoms with Crippen molar-refractivity contribution in [3.63, 3.8) is 0 Å². The van der Waals surface area contributed by atoms with E-state index in [2.05, 4.69) is 30.9 Å². The second-order valence-corrected chi connectivity index (χ2v) is 5.06. The first-order valence-corrected chi connectivity index (χ1v) is 5.53. The van der Waals surface area contributed by atoms with Crippen molar-refractivity contribution in [2.45, 2.75) is 26.3 Å². The molecule has 0 aliphatic carbocycles. The maximum absolute atomic E-state index is 6.07. The number of rotatable bonds is 1. The van der Waals surface area contributed by atoms with Gasteiger partial charge in [0, 0.05) is 12.4 Å². The molecule has 0 unspecified atom stereocenters. The van der Waals surface area contributed by atoms with Crippen LogP contribution in [0.5, 0.6) is 0 Å². The Morgan fingerprint density at radius 3 is 2.56 bits per heavy atom. The number of pyridine rings is 1. The van der Waals surface area contributed by atoms with Gasteiger partial charge in [0.1, 0.15) is 11.4 Å². The standard InChI is InChI=1S/C12H14ClN3/c1-12(2,3)16-8-6-10(15-16)11-9(13)5-4-7-14-11/h4-8H,1-3H3. The molecule has 4 heteroatoms. The molecule has 2 aromatic rings. The molecule has 0 N–H and O–H groups in total. The van der Waals surface area contributed by atoms with E-state index in [1.165, 1.54) is 0 Å². The van der Waals surface area contributed by atoms with E-state index < -0.39 is 0 Å². The van der Waals surface area contributed by atoms with E-state index in [-0.39, 0.29) is 5.54 Å². The highest BCUT2D eigenvalue weighted by atomic mass is 35.5. The van der Waals surface area contributed by atoms with E-state index in [9.17, 15) is 0 Å². The summed E-state index contributed by atoms with van der Waals surface area (Å²) < 4.78 is 1.91. The number of aromatic nitrogens is 3. The largest absolute Gasteiger partial charge is 0.267 e. The Hall–Kier alpha value is -1.35. The highest BCUT2D eigenvalue weighted by Gasteiger charge is 2.15. The summed E-state index contributed by atoms with van der Waals surface area (Å²) in [4.78, 5) is 4.24. The lowest BCUT2D eigenvalue weighted by Gasteiger charge is -2.18. The van der Waals surface area contributed by atoms with Gasteiger partial charge in [0.25, 0.3) is 0 Å². The van der Waals surface area contributed by atoms with Crippen LogP contribution in [0.25, 0.3) is 11.4 Å². The highest BCUT2D eigenvalue weighted by Crippen LogP contribution is 2.24. The minimum absolute atomic E-state index is 0.0283. The predicted octanol–water partition coefficient (Wildman–Crippen LogP) is 3.35. The summed E-state index contributed by atoms with van der Waals surface area (Å²) in [6.07, 6.45) is 3.66. The first-order chi connectivity index (χ1) is 7.48. The second-order valence-electron chi connectivity index (χ2n) is 4.65. The molecule has 2 aromatic heterocycles. The molecule has 0 saturated heterocycles. The van der Waals surface area contributed by atoms with Gasteiger partial charge >= 0.3 is 0 Å². The van der Waals surface area contributed by atoms with Crippen LogP contribution in [0.4, 0.5) is 0 Å². The molecule has 2 heterocycles. The highest BCUT2D eigenvalue weighted by molar-refractivity contribution is 6.32. The number of hydrogen-bond donors (Lipinski definition) is 0. The van der Waals surface area contributed by atoms with E-state index in [1.807, 2.05) is 29.1 Å². The van der Waals surface area contributed by atoms with E-state index in [0.717, 1.165) is 11.4 Å². The molecule has 0 aliphatic rings. The first kappa shape index (κ1) is 11.1. The van der Waals surface area contributed by atoms with Crippen LogP contribution in [0.15, 0.2) is 30.6 Å². The summed E-state index contributed by atoms with van der Waals surface area (Å²) in [6, 6.07) is 5.56. The molecule has 0 bridgehead atoms. The van der Waals surface area contributed by atoms with Crippen molar-refractivity contribution in [2.75, 3.05) is 0 Å². The topological polar surface area (TPSA) is 30.7 Å². The van der Waals surface area contributed by atoms with Gasteiger partial charge in [-0.2, -0.15) is 5.10 Å². The molecule has 0 atom stereocenters. The van der Waals surface area contributed by atoms with Crippen molar-refractivity contribution in [3.05, 3.63) is 35.6 Å². The minimum Gasteiger partial charge on any atom is -0.267 e. The molecule has 0 spiro atoms. The van der Waals surface area contributed by atoms with Crippen LogP contribution in [0.1, 0.15) is 20.8 Å². The third kappa shape index (κ3) is 2.09. The maximum Gasteiger partial charge on any atom is 0.112 e. The Morgan fingerprint density at radius 2 is 2.00 bits per heavy atom. The van der Waals surface area contributed by atoms with Gasteiger partial charge < -0.3 is 0 Å². The van der Waals surface area contributed by atoms with Gasteiger partial charge in [0.05, 0.1) is 10.6 Å². The molecule has 0 saturated carbocycles. The van der Waals surface area contributed by atoms with Gasteiger partial charge in [-0.25, -0.2) is 0 Å². The zero-order valence-electron chi connectivity index (χ0n) is 9.61. The third-order valence-corrected chi connectivity index (χ3v) is 2.58. The molecule has 16 heavy (non-hydrogen) atoms. The number of halogens is 1. The molecule has 2 rings (SSSR count). The lowest BCUT2D eigenvalue weighted by molar-refractivity contribution is 0.356. The monoisotopic (exact) mass is 235 g/mol. The average Bonchev–Trinajstić information content (AvgIpc) is 2.66. The number of nitrogens with zero attached hydrogens (tertiary/aromatic N) is 3. The lowest BCUT2D eigenvalue weighted by atomic mass is 10.1. The van der Waals surface area contributed by atoms with Crippen molar-refractivity contribution < 1.29 is 0 Å². The van der Waals surface area contributed by atoms with Crippen molar-refractivity contribution >= 4 is 11.6 Å². The minimum atomic E-state index is -0.0283. The summed E-state index contributed by atoms with van der Waals surface area (Å²) in [6.45, 7) is 6.30. The Morgan fingerprint density at radius 1 is 1.25 bits per heavy atom. The molecular weight excluding hydrogens is 222 g/mol. The maximum atomic E-state index is 6.07. The molecule has 84 valence electrons. The molecule has 0 aliphatic heterocycles. The van der Waals surface area contributed by atoms with Gasteiger partial charge in [-0.15, -0.1) is 0 Å². The fraction of sp³-hybridized carbons (Fsp3) is 0.333. The molecule has 3 nitrogen and oxygen atoms in total. The molecule has 0 radical (unpaired) electrons. The third-order valence-electron chi connectivity index (χ3n) is 2.28. The molecular formula is C12H14ClN3. The van der Waals surface area contributed by atoms with Crippen LogP contribution < -0.4 is 0 Å². The Labute approximate surface area is 100 Å². The van der Waals surface area contributed by atoms with Crippen molar-refractivity contribution in [3.8, 4) is 11.4 Å². The van der Waals surface area contributed by atoms with Crippen LogP contribution in [0.3, 0.4) is 0 Å². The molecule has 0 aromatic carbocycles. The Bertz CT molecular complexity index is 497. The van der Waals surface area contributed by atoms with Crippen LogP contribution >= 0.6 is 11.6 Å². The number of hydrogen-bond acceptors (Lipinski definition) is 2. The Balaban J connectivity index is 2.44. The van der Waals surface area contributed by atoms with Gasteiger partial charge in [-0.3, -0.25) is 9.67 Å². The van der Waals surface area contributed by atoms with Crippen LogP contribution in [-0.2, 0) is 5.54 Å². The summed E-state index contributed by atoms with van der Waals surface area (Å²) in [5, 5.41) is 5.11. The lowest BCUT2D eigenvalue weighted by Crippen LogP contribution is -2.22. The normalized spacial score (nSPS) is 11.8. The summed E-state index contributed by atoms with van der Waals surface area (Å²) in [5.74, 6) is 0. The van der Waals surface area contributed by atoms with Gasteiger partial charge in [0.15, 0.2) is 0 Å². The van der Waals surface area contributed by atoms with Crippen molar-refractivity contribution in [2.24, 2.45) is 0 Å². The second kappa shape index (κ2) is 3.91. The van der Waals surface area contributed by atoms with Crippen molar-refractivity contribution in [1.82, 2.24) is 14.8 Å².